The average Bonchev–Trinajstić information content (AvgIpc) is 3.20. The summed E-state index contributed by atoms with van der Waals surface area (Å²) in [7, 11) is 0. The molecule has 0 aliphatic heterocycles. The van der Waals surface area contributed by atoms with Gasteiger partial charge < -0.3 is 10.6 Å². The van der Waals surface area contributed by atoms with Crippen molar-refractivity contribution in [3.05, 3.63) is 66.0 Å². The summed E-state index contributed by atoms with van der Waals surface area (Å²) >= 11 is 0. The molecule has 0 spiro atoms. The van der Waals surface area contributed by atoms with Crippen molar-refractivity contribution in [3.8, 4) is 11.9 Å². The summed E-state index contributed by atoms with van der Waals surface area (Å²) in [6.45, 7) is 0.914. The van der Waals surface area contributed by atoms with E-state index in [9.17, 15) is 4.79 Å². The van der Waals surface area contributed by atoms with Crippen LogP contribution in [0.5, 0.6) is 0 Å². The Morgan fingerprint density at radius 2 is 2.08 bits per heavy atom. The maximum atomic E-state index is 12.0. The summed E-state index contributed by atoms with van der Waals surface area (Å²) in [4.78, 5) is 12.0. The van der Waals surface area contributed by atoms with E-state index >= 15 is 0 Å². The Labute approximate surface area is 144 Å². The monoisotopic (exact) mass is 333 g/mol. The van der Waals surface area contributed by atoms with Gasteiger partial charge in [0.25, 0.3) is 5.91 Å². The predicted octanol–water partition coefficient (Wildman–Crippen LogP) is 1.38. The third kappa shape index (κ3) is 4.17. The summed E-state index contributed by atoms with van der Waals surface area (Å²) in [5, 5.41) is 26.9. The van der Waals surface area contributed by atoms with E-state index in [1.54, 1.807) is 53.5 Å². The van der Waals surface area contributed by atoms with Crippen LogP contribution in [-0.4, -0.2) is 39.0 Å². The van der Waals surface area contributed by atoms with Crippen LogP contribution in [0, 0.1) is 11.3 Å². The largest absolute Gasteiger partial charge is 0.367 e. The lowest BCUT2D eigenvalue weighted by atomic mass is 10.1. The molecule has 3 rings (SSSR count). The van der Waals surface area contributed by atoms with Gasteiger partial charge in [0, 0.05) is 31.0 Å². The zero-order valence-electron chi connectivity index (χ0n) is 13.3. The summed E-state index contributed by atoms with van der Waals surface area (Å²) < 4.78 is 1.62. The molecule has 2 aromatic heterocycles. The van der Waals surface area contributed by atoms with Crippen molar-refractivity contribution >= 4 is 11.7 Å². The van der Waals surface area contributed by atoms with E-state index in [0.29, 0.717) is 35.9 Å². The summed E-state index contributed by atoms with van der Waals surface area (Å²) in [5.41, 5.74) is 0.917. The second-order valence-electron chi connectivity index (χ2n) is 5.10. The van der Waals surface area contributed by atoms with Gasteiger partial charge in [-0.1, -0.05) is 6.07 Å². The Kier molecular flexibility index (Phi) is 4.97. The molecule has 8 heteroatoms. The fourth-order valence-electron chi connectivity index (χ4n) is 2.14. The van der Waals surface area contributed by atoms with Gasteiger partial charge in [-0.3, -0.25) is 4.79 Å². The number of rotatable bonds is 6. The first-order valence-corrected chi connectivity index (χ1v) is 7.62. The smallest absolute Gasteiger partial charge is 0.251 e. The summed E-state index contributed by atoms with van der Waals surface area (Å²) in [6, 6.07) is 14.0. The molecule has 0 saturated heterocycles. The number of benzene rings is 1. The van der Waals surface area contributed by atoms with Crippen molar-refractivity contribution in [3.63, 3.8) is 0 Å². The van der Waals surface area contributed by atoms with Crippen LogP contribution in [0.3, 0.4) is 0 Å². The maximum Gasteiger partial charge on any atom is 0.251 e. The van der Waals surface area contributed by atoms with Crippen LogP contribution >= 0.6 is 0 Å². The van der Waals surface area contributed by atoms with Gasteiger partial charge in [-0.15, -0.1) is 10.2 Å². The van der Waals surface area contributed by atoms with Crippen molar-refractivity contribution < 1.29 is 4.79 Å². The number of anilines is 1. The van der Waals surface area contributed by atoms with Crippen molar-refractivity contribution in [2.75, 3.05) is 18.4 Å². The highest BCUT2D eigenvalue weighted by Crippen LogP contribution is 2.05. The van der Waals surface area contributed by atoms with Crippen molar-refractivity contribution in [2.45, 2.75) is 0 Å². The number of carbonyl (C=O) groups excluding carboxylic acids is 1. The molecule has 1 aromatic carbocycles. The standard InChI is InChI=1S/C17H15N7O/c18-12-13-3-1-4-14(11-13)17(25)20-9-8-19-15-5-6-16(23-22-15)24-10-2-7-21-24/h1-7,10-11H,8-9H2,(H,19,22)(H,20,25). The minimum absolute atomic E-state index is 0.223. The Morgan fingerprint density at radius 1 is 1.16 bits per heavy atom. The van der Waals surface area contributed by atoms with E-state index in [2.05, 4.69) is 25.9 Å². The molecule has 8 nitrogen and oxygen atoms in total. The molecule has 0 aliphatic rings. The van der Waals surface area contributed by atoms with E-state index in [-0.39, 0.29) is 5.91 Å². The molecule has 124 valence electrons. The van der Waals surface area contributed by atoms with Crippen LogP contribution in [0.4, 0.5) is 5.82 Å². The minimum Gasteiger partial charge on any atom is -0.367 e. The van der Waals surface area contributed by atoms with Crippen LogP contribution < -0.4 is 10.6 Å². The van der Waals surface area contributed by atoms with Crippen LogP contribution in [-0.2, 0) is 0 Å². The van der Waals surface area contributed by atoms with E-state index in [0.717, 1.165) is 0 Å². The van der Waals surface area contributed by atoms with Gasteiger partial charge in [0.1, 0.15) is 5.82 Å². The Balaban J connectivity index is 1.46. The zero-order chi connectivity index (χ0) is 17.5. The Hall–Kier alpha value is -3.73. The van der Waals surface area contributed by atoms with E-state index in [4.69, 9.17) is 5.26 Å². The van der Waals surface area contributed by atoms with Crippen molar-refractivity contribution in [1.29, 1.82) is 5.26 Å². The van der Waals surface area contributed by atoms with Crippen LogP contribution in [0.15, 0.2) is 54.9 Å². The van der Waals surface area contributed by atoms with Gasteiger partial charge in [-0.05, 0) is 36.4 Å². The number of aromatic nitrogens is 4. The maximum absolute atomic E-state index is 12.0. The fourth-order valence-corrected chi connectivity index (χ4v) is 2.14. The molecular formula is C17H15N7O. The molecule has 2 heterocycles. The van der Waals surface area contributed by atoms with E-state index in [1.807, 2.05) is 12.1 Å². The third-order valence-electron chi connectivity index (χ3n) is 3.36. The second kappa shape index (κ2) is 7.70. The molecule has 0 bridgehead atoms. The quantitative estimate of drug-likeness (QED) is 0.660. The number of amides is 1. The Bertz CT molecular complexity index is 882. The lowest BCUT2D eigenvalue weighted by Gasteiger charge is -2.08. The molecule has 0 aliphatic carbocycles. The van der Waals surface area contributed by atoms with Crippen LogP contribution in [0.25, 0.3) is 5.82 Å². The first-order valence-electron chi connectivity index (χ1n) is 7.62. The number of carbonyl (C=O) groups is 1. The summed E-state index contributed by atoms with van der Waals surface area (Å²) in [6.07, 6.45) is 3.46. The molecule has 0 unspecified atom stereocenters. The van der Waals surface area contributed by atoms with E-state index in [1.165, 1.54) is 0 Å². The minimum atomic E-state index is -0.223. The van der Waals surface area contributed by atoms with Gasteiger partial charge in [-0.25, -0.2) is 4.68 Å². The molecule has 0 radical (unpaired) electrons. The number of hydrogen-bond donors (Lipinski definition) is 2. The lowest BCUT2D eigenvalue weighted by molar-refractivity contribution is 0.0955. The number of hydrogen-bond acceptors (Lipinski definition) is 6. The number of nitrogens with zero attached hydrogens (tertiary/aromatic N) is 5. The lowest BCUT2D eigenvalue weighted by Crippen LogP contribution is -2.29. The van der Waals surface area contributed by atoms with Gasteiger partial charge in [0.2, 0.25) is 0 Å². The SMILES string of the molecule is N#Cc1cccc(C(=O)NCCNc2ccc(-n3cccn3)nn2)c1. The first-order chi connectivity index (χ1) is 12.3. The van der Waals surface area contributed by atoms with Crippen molar-refractivity contribution in [1.82, 2.24) is 25.3 Å². The highest BCUT2D eigenvalue weighted by molar-refractivity contribution is 5.94. The van der Waals surface area contributed by atoms with E-state index < -0.39 is 0 Å². The highest BCUT2D eigenvalue weighted by atomic mass is 16.1. The highest BCUT2D eigenvalue weighted by Gasteiger charge is 2.05. The summed E-state index contributed by atoms with van der Waals surface area (Å²) in [5.74, 6) is 1.01. The van der Waals surface area contributed by atoms with Gasteiger partial charge in [0.15, 0.2) is 5.82 Å². The molecule has 0 fully saturated rings. The molecule has 0 saturated carbocycles. The molecule has 1 amide bonds. The van der Waals surface area contributed by atoms with Gasteiger partial charge in [0.05, 0.1) is 11.6 Å². The molecular weight excluding hydrogens is 318 g/mol. The topological polar surface area (TPSA) is 109 Å². The second-order valence-corrected chi connectivity index (χ2v) is 5.10. The fraction of sp³-hybridized carbons (Fsp3) is 0.118. The normalized spacial score (nSPS) is 10.0. The molecule has 0 atom stereocenters. The molecule has 25 heavy (non-hydrogen) atoms. The van der Waals surface area contributed by atoms with Crippen LogP contribution in [0.2, 0.25) is 0 Å². The van der Waals surface area contributed by atoms with Gasteiger partial charge >= 0.3 is 0 Å². The third-order valence-corrected chi connectivity index (χ3v) is 3.36. The van der Waals surface area contributed by atoms with Crippen LogP contribution in [0.1, 0.15) is 15.9 Å². The molecule has 2 N–H and O–H groups in total. The predicted molar refractivity (Wildman–Crippen MR) is 91.1 cm³/mol. The van der Waals surface area contributed by atoms with Gasteiger partial charge in [-0.2, -0.15) is 10.4 Å². The first kappa shape index (κ1) is 16.1. The average molecular weight is 333 g/mol. The molecule has 3 aromatic rings. The number of nitrogens with one attached hydrogen (secondary N) is 2. The zero-order valence-corrected chi connectivity index (χ0v) is 13.3. The number of nitriles is 1. The van der Waals surface area contributed by atoms with Crippen molar-refractivity contribution in [2.24, 2.45) is 0 Å². The Morgan fingerprint density at radius 3 is 2.80 bits per heavy atom.